The van der Waals surface area contributed by atoms with Gasteiger partial charge in [-0.05, 0) is 93.9 Å². The molecule has 0 N–H and O–H groups in total. The van der Waals surface area contributed by atoms with E-state index in [1.165, 1.54) is 61.0 Å². The summed E-state index contributed by atoms with van der Waals surface area (Å²) >= 11 is 0.208. The fraction of sp³-hybridized carbons (Fsp3) is 0.400. The van der Waals surface area contributed by atoms with Gasteiger partial charge in [-0.15, -0.1) is 0 Å². The van der Waals surface area contributed by atoms with E-state index in [2.05, 4.69) is 0 Å². The Morgan fingerprint density at radius 2 is 1.35 bits per heavy atom. The largest absolute Gasteiger partial charge is 0.427 e. The molecule has 0 aliphatic heterocycles. The van der Waals surface area contributed by atoms with Crippen LogP contribution in [0.25, 0.3) is 0 Å². The van der Waals surface area contributed by atoms with Crippen LogP contribution in [0.5, 0.6) is 0 Å². The molecule has 48 heavy (non-hydrogen) atoms. The highest BCUT2D eigenvalue weighted by Crippen LogP contribution is 2.34. The summed E-state index contributed by atoms with van der Waals surface area (Å²) in [5, 5.41) is 0. The van der Waals surface area contributed by atoms with Crippen molar-refractivity contribution >= 4 is 35.5 Å². The highest BCUT2D eigenvalue weighted by Gasteiger charge is 2.29. The van der Waals surface area contributed by atoms with Crippen molar-refractivity contribution in [1.82, 2.24) is 4.31 Å². The molecule has 0 atom stereocenters. The van der Waals surface area contributed by atoms with Gasteiger partial charge in [0.1, 0.15) is 4.90 Å². The van der Waals surface area contributed by atoms with E-state index in [-0.39, 0.29) is 24.1 Å². The number of rotatable bonds is 11. The van der Waals surface area contributed by atoms with Crippen LogP contribution in [0.3, 0.4) is 0 Å². The predicted octanol–water partition coefficient (Wildman–Crippen LogP) is 8.31. The van der Waals surface area contributed by atoms with E-state index in [1.807, 2.05) is 24.3 Å². The number of amides is 1. The second-order valence-corrected chi connectivity index (χ2v) is 13.8. The summed E-state index contributed by atoms with van der Waals surface area (Å²) in [6, 6.07) is 13.7. The average molecular weight is 693 g/mol. The molecule has 1 aliphatic rings. The summed E-state index contributed by atoms with van der Waals surface area (Å²) in [5.74, 6) is -11.8. The number of esters is 2. The minimum Gasteiger partial charge on any atom is -0.427 e. The number of ether oxygens (including phenoxy) is 2. The SMILES string of the molecule is CN(CC(=O)N(Cc1ccc(C2CCCCC2)cc1)c1ccc(C(=O)OCOC(=O)C(C)(C)C)cc1)Sc1c(F)c(F)c(F)c(F)c1F. The number of hydrogen-bond acceptors (Lipinski definition) is 7. The molecule has 13 heteroatoms. The Balaban J connectivity index is 1.52. The fourth-order valence-corrected chi connectivity index (χ4v) is 6.01. The van der Waals surface area contributed by atoms with Gasteiger partial charge in [0.25, 0.3) is 0 Å². The van der Waals surface area contributed by atoms with Gasteiger partial charge in [-0.1, -0.05) is 43.5 Å². The molecule has 0 spiro atoms. The topological polar surface area (TPSA) is 76.2 Å². The van der Waals surface area contributed by atoms with Crippen LogP contribution in [0.1, 0.15) is 80.3 Å². The van der Waals surface area contributed by atoms with E-state index < -0.39 is 70.6 Å². The van der Waals surface area contributed by atoms with Gasteiger partial charge in [0.05, 0.1) is 24.1 Å². The lowest BCUT2D eigenvalue weighted by molar-refractivity contribution is -0.161. The molecular weight excluding hydrogens is 655 g/mol. The lowest BCUT2D eigenvalue weighted by Gasteiger charge is -2.26. The first-order chi connectivity index (χ1) is 22.7. The average Bonchev–Trinajstić information content (AvgIpc) is 3.07. The number of carbonyl (C=O) groups excluding carboxylic acids is 3. The minimum absolute atomic E-state index is 0.0807. The minimum atomic E-state index is -2.27. The van der Waals surface area contributed by atoms with Crippen molar-refractivity contribution in [3.63, 3.8) is 0 Å². The van der Waals surface area contributed by atoms with Crippen LogP contribution in [0.4, 0.5) is 27.6 Å². The Labute approximate surface area is 280 Å². The normalized spacial score (nSPS) is 13.8. The highest BCUT2D eigenvalue weighted by molar-refractivity contribution is 7.97. The summed E-state index contributed by atoms with van der Waals surface area (Å²) in [7, 11) is 1.28. The molecule has 7 nitrogen and oxygen atoms in total. The molecule has 0 heterocycles. The van der Waals surface area contributed by atoms with Crippen molar-refractivity contribution in [3.8, 4) is 0 Å². The standard InChI is InChI=1S/C35H37F5N2O5S/c1-35(2,3)34(45)47-20-46-33(44)24-14-16-25(17-15-24)42(18-21-10-12-23(13-11-21)22-8-6-5-7-9-22)26(43)19-41(4)48-32-30(39)28(37)27(36)29(38)31(32)40/h10-17,22H,5-9,18-20H2,1-4H3. The smallest absolute Gasteiger partial charge is 0.341 e. The lowest BCUT2D eigenvalue weighted by Crippen LogP contribution is -2.37. The van der Waals surface area contributed by atoms with Crippen molar-refractivity contribution in [2.75, 3.05) is 25.3 Å². The van der Waals surface area contributed by atoms with Crippen LogP contribution in [0.2, 0.25) is 0 Å². The molecular formula is C35H37F5N2O5S. The van der Waals surface area contributed by atoms with E-state index in [0.29, 0.717) is 11.6 Å². The number of benzene rings is 3. The Hall–Kier alpha value is -3.97. The van der Waals surface area contributed by atoms with Crippen LogP contribution in [0, 0.1) is 34.5 Å². The maximum Gasteiger partial charge on any atom is 0.341 e. The molecule has 4 rings (SSSR count). The summed E-state index contributed by atoms with van der Waals surface area (Å²) in [5.41, 5.74) is 1.70. The van der Waals surface area contributed by atoms with Crippen LogP contribution >= 0.6 is 11.9 Å². The third-order valence-corrected chi connectivity index (χ3v) is 8.86. The van der Waals surface area contributed by atoms with Gasteiger partial charge in [-0.25, -0.2) is 31.1 Å². The molecule has 0 bridgehead atoms. The van der Waals surface area contributed by atoms with Crippen LogP contribution in [0.15, 0.2) is 53.4 Å². The molecule has 0 saturated heterocycles. The lowest BCUT2D eigenvalue weighted by atomic mass is 9.84. The van der Waals surface area contributed by atoms with Crippen molar-refractivity contribution in [2.24, 2.45) is 5.41 Å². The van der Waals surface area contributed by atoms with E-state index in [0.717, 1.165) is 22.7 Å². The molecule has 1 fully saturated rings. The van der Waals surface area contributed by atoms with Crippen molar-refractivity contribution in [1.29, 1.82) is 0 Å². The number of hydrogen-bond donors (Lipinski definition) is 0. The first-order valence-electron chi connectivity index (χ1n) is 15.4. The van der Waals surface area contributed by atoms with Crippen molar-refractivity contribution < 1.29 is 45.8 Å². The first kappa shape index (κ1) is 36.9. The van der Waals surface area contributed by atoms with Gasteiger partial charge < -0.3 is 14.4 Å². The van der Waals surface area contributed by atoms with Crippen LogP contribution in [-0.4, -0.2) is 42.5 Å². The quantitative estimate of drug-likeness (QED) is 0.0500. The number of anilines is 1. The van der Waals surface area contributed by atoms with Gasteiger partial charge in [-0.2, -0.15) is 0 Å². The fourth-order valence-electron chi connectivity index (χ4n) is 5.18. The number of halogens is 5. The van der Waals surface area contributed by atoms with Gasteiger partial charge in [-0.3, -0.25) is 9.59 Å². The monoisotopic (exact) mass is 692 g/mol. The third kappa shape index (κ3) is 9.13. The van der Waals surface area contributed by atoms with Crippen molar-refractivity contribution in [2.45, 2.75) is 70.2 Å². The van der Waals surface area contributed by atoms with Gasteiger partial charge >= 0.3 is 11.9 Å². The molecule has 258 valence electrons. The molecule has 1 amide bonds. The number of carbonyl (C=O) groups is 3. The van der Waals surface area contributed by atoms with Crippen LogP contribution < -0.4 is 4.90 Å². The summed E-state index contributed by atoms with van der Waals surface area (Å²) in [6.45, 7) is 3.99. The molecule has 1 saturated carbocycles. The summed E-state index contributed by atoms with van der Waals surface area (Å²) < 4.78 is 80.8. The second-order valence-electron chi connectivity index (χ2n) is 12.6. The van der Waals surface area contributed by atoms with E-state index >= 15 is 0 Å². The zero-order chi connectivity index (χ0) is 35.2. The zero-order valence-electron chi connectivity index (χ0n) is 27.1. The maximum atomic E-state index is 14.3. The molecule has 0 unspecified atom stereocenters. The molecule has 3 aromatic rings. The molecule has 3 aromatic carbocycles. The van der Waals surface area contributed by atoms with E-state index in [9.17, 15) is 36.3 Å². The Kier molecular flexibility index (Phi) is 12.2. The number of nitrogens with zero attached hydrogens (tertiary/aromatic N) is 2. The van der Waals surface area contributed by atoms with Gasteiger partial charge in [0, 0.05) is 5.69 Å². The second kappa shape index (κ2) is 16.0. The molecule has 0 radical (unpaired) electrons. The Morgan fingerprint density at radius 1 is 0.792 bits per heavy atom. The number of likely N-dealkylation sites (N-methyl/N-ethyl adjacent to an activating group) is 1. The predicted molar refractivity (Wildman–Crippen MR) is 170 cm³/mol. The zero-order valence-corrected chi connectivity index (χ0v) is 27.9. The van der Waals surface area contributed by atoms with Crippen LogP contribution in [-0.2, 0) is 25.6 Å². The van der Waals surface area contributed by atoms with Crippen molar-refractivity contribution in [3.05, 3.63) is 94.3 Å². The third-order valence-electron chi connectivity index (χ3n) is 7.88. The summed E-state index contributed by atoms with van der Waals surface area (Å²) in [4.78, 5) is 38.4. The Bertz CT molecular complexity index is 1600. The van der Waals surface area contributed by atoms with Gasteiger partial charge in [0.15, 0.2) is 23.3 Å². The van der Waals surface area contributed by atoms with E-state index in [4.69, 9.17) is 9.47 Å². The Morgan fingerprint density at radius 3 is 1.92 bits per heavy atom. The molecule has 0 aromatic heterocycles. The highest BCUT2D eigenvalue weighted by atomic mass is 32.2. The maximum absolute atomic E-state index is 14.3. The molecule has 1 aliphatic carbocycles. The van der Waals surface area contributed by atoms with Gasteiger partial charge in [0.2, 0.25) is 18.5 Å². The first-order valence-corrected chi connectivity index (χ1v) is 16.2. The summed E-state index contributed by atoms with van der Waals surface area (Å²) in [6.07, 6.45) is 5.81. The van der Waals surface area contributed by atoms with E-state index in [1.54, 1.807) is 20.8 Å².